The van der Waals surface area contributed by atoms with Gasteiger partial charge in [0.1, 0.15) is 22.3 Å². The monoisotopic (exact) mass is 677 g/mol. The normalized spacial score (nSPS) is 11.8. The molecule has 0 saturated heterocycles. The summed E-state index contributed by atoms with van der Waals surface area (Å²) in [6.45, 7) is 0. The van der Waals surface area contributed by atoms with Crippen LogP contribution in [0, 0.1) is 0 Å². The van der Waals surface area contributed by atoms with Gasteiger partial charge in [-0.3, -0.25) is 0 Å². The van der Waals surface area contributed by atoms with E-state index >= 15 is 0 Å². The topological polar surface area (TPSA) is 29.5 Å². The molecule has 3 nitrogen and oxygen atoms in total. The summed E-state index contributed by atoms with van der Waals surface area (Å²) < 4.78 is 13.0. The lowest BCUT2D eigenvalue weighted by molar-refractivity contribution is 0.664. The molecule has 0 bridgehead atoms. The van der Waals surface area contributed by atoms with Crippen LogP contribution in [0.15, 0.2) is 197 Å². The van der Waals surface area contributed by atoms with Crippen molar-refractivity contribution in [2.75, 3.05) is 4.90 Å². The summed E-state index contributed by atoms with van der Waals surface area (Å²) in [5, 5.41) is 8.94. The highest BCUT2D eigenvalue weighted by Crippen LogP contribution is 2.42. The zero-order chi connectivity index (χ0) is 34.9. The fraction of sp³-hybridized carbons (Fsp3) is 0. The van der Waals surface area contributed by atoms with Gasteiger partial charge in [-0.2, -0.15) is 0 Å². The quantitative estimate of drug-likeness (QED) is 0.182. The molecule has 0 aliphatic heterocycles. The summed E-state index contributed by atoms with van der Waals surface area (Å²) in [5.41, 5.74) is 11.5. The second-order valence-electron chi connectivity index (χ2n) is 13.8. The fourth-order valence-electron chi connectivity index (χ4n) is 7.91. The Bertz CT molecular complexity index is 3060. The van der Waals surface area contributed by atoms with Crippen LogP contribution in [-0.2, 0) is 0 Å². The van der Waals surface area contributed by atoms with E-state index in [9.17, 15) is 0 Å². The molecule has 0 aliphatic carbocycles. The molecule has 0 spiro atoms. The summed E-state index contributed by atoms with van der Waals surface area (Å²) in [4.78, 5) is 2.33. The van der Waals surface area contributed by atoms with E-state index in [-0.39, 0.29) is 0 Å². The van der Waals surface area contributed by atoms with Gasteiger partial charge < -0.3 is 13.7 Å². The Hall–Kier alpha value is -7.10. The molecule has 0 aliphatic rings. The van der Waals surface area contributed by atoms with Gasteiger partial charge in [0.25, 0.3) is 0 Å². The van der Waals surface area contributed by atoms with Gasteiger partial charge in [-0.1, -0.05) is 115 Å². The molecule has 2 aromatic heterocycles. The van der Waals surface area contributed by atoms with Crippen LogP contribution in [0.25, 0.3) is 87.7 Å². The van der Waals surface area contributed by atoms with Gasteiger partial charge in [0.05, 0.1) is 0 Å². The van der Waals surface area contributed by atoms with Gasteiger partial charge in [-0.15, -0.1) is 0 Å². The molecular formula is C50H31NO2. The van der Waals surface area contributed by atoms with Crippen molar-refractivity contribution in [1.82, 2.24) is 0 Å². The van der Waals surface area contributed by atoms with Crippen molar-refractivity contribution < 1.29 is 8.83 Å². The van der Waals surface area contributed by atoms with Gasteiger partial charge in [0, 0.05) is 38.6 Å². The van der Waals surface area contributed by atoms with Crippen LogP contribution in [0.4, 0.5) is 17.1 Å². The van der Waals surface area contributed by atoms with E-state index in [0.717, 1.165) is 71.7 Å². The lowest BCUT2D eigenvalue weighted by atomic mass is 10.0. The highest BCUT2D eigenvalue weighted by Gasteiger charge is 2.17. The summed E-state index contributed by atoms with van der Waals surface area (Å²) >= 11 is 0. The molecule has 11 rings (SSSR count). The minimum Gasteiger partial charge on any atom is -0.456 e. The summed E-state index contributed by atoms with van der Waals surface area (Å²) in [7, 11) is 0. The largest absolute Gasteiger partial charge is 0.456 e. The molecule has 0 saturated carbocycles. The number of benzene rings is 9. The van der Waals surface area contributed by atoms with Crippen LogP contribution >= 0.6 is 0 Å². The van der Waals surface area contributed by atoms with Gasteiger partial charge in [-0.25, -0.2) is 0 Å². The highest BCUT2D eigenvalue weighted by molar-refractivity contribution is 6.18. The van der Waals surface area contributed by atoms with Gasteiger partial charge in [-0.05, 0) is 117 Å². The third-order valence-electron chi connectivity index (χ3n) is 10.6. The Morgan fingerprint density at radius 3 is 1.17 bits per heavy atom. The predicted molar refractivity (Wildman–Crippen MR) is 222 cm³/mol. The molecule has 9 aromatic carbocycles. The standard InChI is InChI=1S/C50H31NO2/c1-3-9-32(10-4-1)34-15-20-40(21-16-34)51(41-22-17-35(18-23-41)33-11-5-2-6-12-33)42-24-19-38-27-44-46-31-49-45(30-50(46)53-48(44)29-39(38)25-42)43-26-36-13-7-8-14-37(36)28-47(43)52-49/h1-31H. The second-order valence-corrected chi connectivity index (χ2v) is 13.8. The van der Waals surface area contributed by atoms with Crippen molar-refractivity contribution >= 4 is 82.5 Å². The Morgan fingerprint density at radius 2 is 0.642 bits per heavy atom. The molecule has 0 fully saturated rings. The summed E-state index contributed by atoms with van der Waals surface area (Å²) in [5.74, 6) is 0. The minimum atomic E-state index is 0.859. The molecule has 0 amide bonds. The molecule has 0 atom stereocenters. The fourth-order valence-corrected chi connectivity index (χ4v) is 7.91. The highest BCUT2D eigenvalue weighted by atomic mass is 16.3. The van der Waals surface area contributed by atoms with Crippen LogP contribution in [0.2, 0.25) is 0 Å². The van der Waals surface area contributed by atoms with Crippen LogP contribution in [-0.4, -0.2) is 0 Å². The third kappa shape index (κ3) is 4.97. The van der Waals surface area contributed by atoms with Crippen molar-refractivity contribution in [3.8, 4) is 22.3 Å². The van der Waals surface area contributed by atoms with Crippen LogP contribution < -0.4 is 4.90 Å². The number of nitrogens with zero attached hydrogens (tertiary/aromatic N) is 1. The maximum atomic E-state index is 6.60. The van der Waals surface area contributed by atoms with Crippen molar-refractivity contribution in [3.05, 3.63) is 188 Å². The molecule has 53 heavy (non-hydrogen) atoms. The SMILES string of the molecule is c1ccc(-c2ccc(N(c3ccc(-c4ccccc4)cc3)c3ccc4cc5c(cc4c3)oc3cc4c(cc35)oc3cc5ccccc5cc34)cc2)cc1. The van der Waals surface area contributed by atoms with Crippen LogP contribution in [0.3, 0.4) is 0 Å². The Labute approximate surface area is 305 Å². The number of fused-ring (bicyclic) bond motifs is 8. The lowest BCUT2D eigenvalue weighted by Gasteiger charge is -2.26. The number of anilines is 3. The van der Waals surface area contributed by atoms with Crippen molar-refractivity contribution in [1.29, 1.82) is 0 Å². The zero-order valence-electron chi connectivity index (χ0n) is 28.7. The molecule has 0 N–H and O–H groups in total. The van der Waals surface area contributed by atoms with E-state index < -0.39 is 0 Å². The predicted octanol–water partition coefficient (Wildman–Crippen LogP) is 14.6. The molecule has 248 valence electrons. The molecule has 0 radical (unpaired) electrons. The van der Waals surface area contributed by atoms with E-state index in [2.05, 4.69) is 193 Å². The third-order valence-corrected chi connectivity index (χ3v) is 10.6. The van der Waals surface area contributed by atoms with Crippen molar-refractivity contribution in [2.24, 2.45) is 0 Å². The van der Waals surface area contributed by atoms with E-state index in [4.69, 9.17) is 8.83 Å². The summed E-state index contributed by atoms with van der Waals surface area (Å²) in [6, 6.07) is 66.9. The first-order chi connectivity index (χ1) is 26.2. The van der Waals surface area contributed by atoms with Gasteiger partial charge in [0.15, 0.2) is 0 Å². The Balaban J connectivity index is 1.03. The van der Waals surface area contributed by atoms with Gasteiger partial charge in [0.2, 0.25) is 0 Å². The number of hydrogen-bond donors (Lipinski definition) is 0. The maximum absolute atomic E-state index is 6.60. The van der Waals surface area contributed by atoms with Crippen LogP contribution in [0.5, 0.6) is 0 Å². The number of rotatable bonds is 5. The molecular weight excluding hydrogens is 647 g/mol. The first kappa shape index (κ1) is 29.6. The maximum Gasteiger partial charge on any atom is 0.136 e. The van der Waals surface area contributed by atoms with Crippen molar-refractivity contribution in [3.63, 3.8) is 0 Å². The first-order valence-corrected chi connectivity index (χ1v) is 18.0. The van der Waals surface area contributed by atoms with Crippen molar-refractivity contribution in [2.45, 2.75) is 0 Å². The van der Waals surface area contributed by atoms with E-state index in [1.54, 1.807) is 0 Å². The summed E-state index contributed by atoms with van der Waals surface area (Å²) in [6.07, 6.45) is 0. The Kier molecular flexibility index (Phi) is 6.55. The van der Waals surface area contributed by atoms with E-state index in [1.807, 2.05) is 0 Å². The van der Waals surface area contributed by atoms with Crippen LogP contribution in [0.1, 0.15) is 0 Å². The number of hydrogen-bond acceptors (Lipinski definition) is 3. The zero-order valence-corrected chi connectivity index (χ0v) is 28.7. The average molecular weight is 678 g/mol. The molecule has 11 aromatic rings. The molecule has 2 heterocycles. The van der Waals surface area contributed by atoms with E-state index in [0.29, 0.717) is 0 Å². The Morgan fingerprint density at radius 1 is 0.264 bits per heavy atom. The van der Waals surface area contributed by atoms with E-state index in [1.165, 1.54) is 33.0 Å². The second kappa shape index (κ2) is 11.7. The van der Waals surface area contributed by atoms with Gasteiger partial charge >= 0.3 is 0 Å². The average Bonchev–Trinajstić information content (AvgIpc) is 3.75. The number of furan rings is 2. The lowest BCUT2D eigenvalue weighted by Crippen LogP contribution is -2.09. The first-order valence-electron chi connectivity index (χ1n) is 18.0. The molecule has 3 heteroatoms. The smallest absolute Gasteiger partial charge is 0.136 e. The minimum absolute atomic E-state index is 0.859. The molecule has 0 unspecified atom stereocenters.